The van der Waals surface area contributed by atoms with Gasteiger partial charge in [-0.1, -0.05) is 23.7 Å². The van der Waals surface area contributed by atoms with Crippen molar-refractivity contribution in [3.63, 3.8) is 0 Å². The minimum absolute atomic E-state index is 0. The molecule has 0 spiro atoms. The van der Waals surface area contributed by atoms with Gasteiger partial charge in [-0.2, -0.15) is 0 Å². The third kappa shape index (κ3) is 7.79. The Morgan fingerprint density at radius 1 is 1.08 bits per heavy atom. The van der Waals surface area contributed by atoms with Crippen LogP contribution in [0.2, 0.25) is 5.15 Å². The van der Waals surface area contributed by atoms with E-state index in [2.05, 4.69) is 10.3 Å². The van der Waals surface area contributed by atoms with Crippen LogP contribution in [-0.2, 0) is 13.2 Å². The van der Waals surface area contributed by atoms with E-state index in [-0.39, 0.29) is 19.0 Å². The van der Waals surface area contributed by atoms with Crippen LogP contribution in [-0.4, -0.2) is 30.4 Å². The zero-order valence-corrected chi connectivity index (χ0v) is 16.5. The number of ether oxygens (including phenoxy) is 2. The minimum atomic E-state index is 0. The van der Waals surface area contributed by atoms with Gasteiger partial charge in [0.15, 0.2) is 11.5 Å². The Hall–Kier alpha value is -1.53. The largest absolute Gasteiger partial charge is 0.493 e. The second kappa shape index (κ2) is 12.8. The van der Waals surface area contributed by atoms with E-state index in [4.69, 9.17) is 26.2 Å². The molecule has 0 atom stereocenters. The van der Waals surface area contributed by atoms with Gasteiger partial charge >= 0.3 is 0 Å². The summed E-state index contributed by atoms with van der Waals surface area (Å²) in [6.07, 6.45) is 4.67. The number of halogens is 2. The summed E-state index contributed by atoms with van der Waals surface area (Å²) >= 11 is 5.78. The van der Waals surface area contributed by atoms with Crippen molar-refractivity contribution in [2.75, 3.05) is 20.3 Å². The molecule has 0 amide bonds. The minimum Gasteiger partial charge on any atom is -0.493 e. The van der Waals surface area contributed by atoms with Gasteiger partial charge in [0.25, 0.3) is 0 Å². The number of unbranched alkanes of at least 4 members (excludes halogenated alkanes) is 2. The van der Waals surface area contributed by atoms with Crippen molar-refractivity contribution in [2.45, 2.75) is 32.4 Å². The fourth-order valence-corrected chi connectivity index (χ4v) is 2.48. The monoisotopic (exact) mass is 400 g/mol. The smallest absolute Gasteiger partial charge is 0.161 e. The molecule has 0 radical (unpaired) electrons. The number of hydrogen-bond acceptors (Lipinski definition) is 5. The summed E-state index contributed by atoms with van der Waals surface area (Å²) in [5, 5.41) is 12.6. The fraction of sp³-hybridized carbons (Fsp3) is 0.421. The number of methoxy groups -OCH3 is 1. The zero-order valence-electron chi connectivity index (χ0n) is 14.9. The lowest BCUT2D eigenvalue weighted by Gasteiger charge is -2.13. The molecule has 2 N–H and O–H groups in total. The van der Waals surface area contributed by atoms with Crippen LogP contribution in [0.5, 0.6) is 11.5 Å². The molecule has 1 heterocycles. The Labute approximate surface area is 166 Å². The topological polar surface area (TPSA) is 63.6 Å². The molecule has 0 saturated heterocycles. The van der Waals surface area contributed by atoms with E-state index < -0.39 is 0 Å². The van der Waals surface area contributed by atoms with E-state index in [1.165, 1.54) is 0 Å². The van der Waals surface area contributed by atoms with Crippen LogP contribution in [0, 0.1) is 0 Å². The zero-order chi connectivity index (χ0) is 17.9. The summed E-state index contributed by atoms with van der Waals surface area (Å²) in [5.74, 6) is 1.41. The van der Waals surface area contributed by atoms with Gasteiger partial charge in [-0.05, 0) is 49.6 Å². The van der Waals surface area contributed by atoms with Crippen LogP contribution in [0.25, 0.3) is 0 Å². The average molecular weight is 401 g/mol. The van der Waals surface area contributed by atoms with Crippen LogP contribution < -0.4 is 14.8 Å². The third-order valence-corrected chi connectivity index (χ3v) is 3.98. The number of nitrogens with zero attached hydrogens (tertiary/aromatic N) is 1. The van der Waals surface area contributed by atoms with Crippen molar-refractivity contribution >= 4 is 24.0 Å². The van der Waals surface area contributed by atoms with Crippen LogP contribution in [0.3, 0.4) is 0 Å². The van der Waals surface area contributed by atoms with Gasteiger partial charge in [-0.15, -0.1) is 12.4 Å². The number of aromatic nitrogens is 1. The molecule has 0 saturated carbocycles. The van der Waals surface area contributed by atoms with Gasteiger partial charge in [-0.3, -0.25) is 0 Å². The van der Waals surface area contributed by atoms with E-state index in [1.807, 2.05) is 24.3 Å². The second-order valence-corrected chi connectivity index (χ2v) is 6.11. The molecular weight excluding hydrogens is 375 g/mol. The average Bonchev–Trinajstić information content (AvgIpc) is 2.64. The normalized spacial score (nSPS) is 10.3. The Balaban J connectivity index is 0.00000338. The second-order valence-electron chi connectivity index (χ2n) is 5.72. The molecule has 5 nitrogen and oxygen atoms in total. The number of nitrogens with one attached hydrogen (secondary N) is 1. The Bertz CT molecular complexity index is 639. The SMILES string of the molecule is COc1cc(CNCCCCCO)ccc1OCc1ccc(Cl)nc1.Cl. The maximum absolute atomic E-state index is 8.76. The molecule has 0 unspecified atom stereocenters. The van der Waals surface area contributed by atoms with E-state index in [9.17, 15) is 0 Å². The number of pyridine rings is 1. The number of aliphatic hydroxyl groups is 1. The lowest BCUT2D eigenvalue weighted by Crippen LogP contribution is -2.14. The molecule has 7 heteroatoms. The third-order valence-electron chi connectivity index (χ3n) is 3.75. The highest BCUT2D eigenvalue weighted by Gasteiger charge is 2.06. The van der Waals surface area contributed by atoms with Crippen molar-refractivity contribution in [3.8, 4) is 11.5 Å². The van der Waals surface area contributed by atoms with Crippen LogP contribution >= 0.6 is 24.0 Å². The highest BCUT2D eigenvalue weighted by molar-refractivity contribution is 6.29. The summed E-state index contributed by atoms with van der Waals surface area (Å²) in [6.45, 7) is 2.38. The number of aliphatic hydroxyl groups excluding tert-OH is 1. The standard InChI is InChI=1S/C19H25ClN2O3.ClH/c1-24-18-11-15(12-21-9-3-2-4-10-23)5-7-17(18)25-14-16-6-8-19(20)22-13-16;/h5-8,11,13,21,23H,2-4,9-10,12,14H2,1H3;1H. The highest BCUT2D eigenvalue weighted by atomic mass is 35.5. The molecule has 1 aromatic heterocycles. The number of rotatable bonds is 11. The summed E-state index contributed by atoms with van der Waals surface area (Å²) in [6, 6.07) is 9.56. The van der Waals surface area contributed by atoms with E-state index in [1.54, 1.807) is 19.4 Å². The Morgan fingerprint density at radius 2 is 1.88 bits per heavy atom. The first-order valence-corrected chi connectivity index (χ1v) is 8.82. The van der Waals surface area contributed by atoms with Crippen LogP contribution in [0.1, 0.15) is 30.4 Å². The Kier molecular flexibility index (Phi) is 11.1. The molecule has 144 valence electrons. The van der Waals surface area contributed by atoms with Gasteiger partial charge < -0.3 is 19.9 Å². The van der Waals surface area contributed by atoms with E-state index in [0.717, 1.165) is 43.5 Å². The van der Waals surface area contributed by atoms with Gasteiger partial charge in [0.2, 0.25) is 0 Å². The molecule has 0 aliphatic carbocycles. The predicted octanol–water partition coefficient (Wildman–Crippen LogP) is 4.00. The van der Waals surface area contributed by atoms with Gasteiger partial charge in [0, 0.05) is 24.9 Å². The molecule has 0 fully saturated rings. The first-order valence-electron chi connectivity index (χ1n) is 8.44. The summed E-state index contributed by atoms with van der Waals surface area (Å²) in [5.41, 5.74) is 2.08. The van der Waals surface area contributed by atoms with E-state index in [0.29, 0.717) is 23.3 Å². The molecule has 26 heavy (non-hydrogen) atoms. The van der Waals surface area contributed by atoms with Crippen molar-refractivity contribution in [3.05, 3.63) is 52.8 Å². The maximum Gasteiger partial charge on any atom is 0.161 e. The molecule has 0 aliphatic heterocycles. The molecule has 0 bridgehead atoms. The molecular formula is C19H26Cl2N2O3. The Morgan fingerprint density at radius 3 is 2.58 bits per heavy atom. The number of benzene rings is 1. The molecule has 1 aromatic carbocycles. The molecule has 2 aromatic rings. The first kappa shape index (κ1) is 22.5. The molecule has 0 aliphatic rings. The fourth-order valence-electron chi connectivity index (χ4n) is 2.37. The molecule has 2 rings (SSSR count). The highest BCUT2D eigenvalue weighted by Crippen LogP contribution is 2.28. The maximum atomic E-state index is 8.76. The quantitative estimate of drug-likeness (QED) is 0.440. The lowest BCUT2D eigenvalue weighted by atomic mass is 10.2. The van der Waals surface area contributed by atoms with Crippen molar-refractivity contribution in [1.29, 1.82) is 0 Å². The lowest BCUT2D eigenvalue weighted by molar-refractivity contribution is 0.282. The van der Waals surface area contributed by atoms with Crippen LogP contribution in [0.4, 0.5) is 0 Å². The van der Waals surface area contributed by atoms with Crippen molar-refractivity contribution in [1.82, 2.24) is 10.3 Å². The number of hydrogen-bond donors (Lipinski definition) is 2. The predicted molar refractivity (Wildman–Crippen MR) is 106 cm³/mol. The van der Waals surface area contributed by atoms with Gasteiger partial charge in [0.05, 0.1) is 7.11 Å². The summed E-state index contributed by atoms with van der Waals surface area (Å²) < 4.78 is 11.3. The van der Waals surface area contributed by atoms with Gasteiger partial charge in [-0.25, -0.2) is 4.98 Å². The van der Waals surface area contributed by atoms with E-state index >= 15 is 0 Å². The summed E-state index contributed by atoms with van der Waals surface area (Å²) in [4.78, 5) is 4.04. The van der Waals surface area contributed by atoms with Gasteiger partial charge in [0.1, 0.15) is 11.8 Å². The summed E-state index contributed by atoms with van der Waals surface area (Å²) in [7, 11) is 1.64. The van der Waals surface area contributed by atoms with Crippen LogP contribution in [0.15, 0.2) is 36.5 Å². The van der Waals surface area contributed by atoms with Crippen molar-refractivity contribution in [2.24, 2.45) is 0 Å². The van der Waals surface area contributed by atoms with Crippen molar-refractivity contribution < 1.29 is 14.6 Å². The first-order chi connectivity index (χ1) is 12.2.